The van der Waals surface area contributed by atoms with E-state index in [4.69, 9.17) is 11.6 Å². The molecule has 1 aromatic carbocycles. The summed E-state index contributed by atoms with van der Waals surface area (Å²) in [4.78, 5) is 15.7. The quantitative estimate of drug-likeness (QED) is 0.799. The summed E-state index contributed by atoms with van der Waals surface area (Å²) in [5.41, 5.74) is -2.49. The Bertz CT molecular complexity index is 657. The summed E-state index contributed by atoms with van der Waals surface area (Å²) < 4.78 is 42.8. The molecule has 0 saturated carbocycles. The monoisotopic (exact) mass is 365 g/mol. The van der Waals surface area contributed by atoms with E-state index in [1.165, 1.54) is 36.7 Å². The summed E-state index contributed by atoms with van der Waals surface area (Å²) in [6.07, 6.45) is -1.31. The Morgan fingerprint density at radius 2 is 2.04 bits per heavy atom. The van der Waals surface area contributed by atoms with Gasteiger partial charge in [-0.3, -0.25) is 9.78 Å². The molecule has 2 rings (SSSR count). The van der Waals surface area contributed by atoms with Gasteiger partial charge in [0.1, 0.15) is 5.75 Å². The Morgan fingerprint density at radius 1 is 1.30 bits per heavy atom. The number of aromatic nitrogens is 1. The fraction of sp³-hybridized carbons (Fsp3) is 0.143. The Labute approximate surface area is 141 Å². The lowest BCUT2D eigenvalue weighted by atomic mass is 10.2. The van der Waals surface area contributed by atoms with E-state index in [9.17, 15) is 18.0 Å². The second-order valence-corrected chi connectivity index (χ2v) is 4.57. The van der Waals surface area contributed by atoms with Gasteiger partial charge >= 0.3 is 6.11 Å². The van der Waals surface area contributed by atoms with Gasteiger partial charge in [0.05, 0.1) is 5.56 Å². The number of anilines is 1. The van der Waals surface area contributed by atoms with Crippen LogP contribution in [0.1, 0.15) is 10.4 Å². The fourth-order valence-electron chi connectivity index (χ4n) is 1.54. The van der Waals surface area contributed by atoms with Crippen molar-refractivity contribution >= 4 is 23.2 Å². The number of nitrogens with zero attached hydrogens (tertiary/aromatic N) is 1. The van der Waals surface area contributed by atoms with E-state index < -0.39 is 17.6 Å². The number of amides is 1. The molecule has 4 nitrogen and oxygen atoms in total. The van der Waals surface area contributed by atoms with Crippen molar-refractivity contribution in [1.29, 1.82) is 0 Å². The number of hydrogen-bond acceptors (Lipinski definition) is 3. The number of ether oxygens (including phenoxy) is 1. The molecular formula is C14H10Cl2F3N2O2-. The summed E-state index contributed by atoms with van der Waals surface area (Å²) >= 11 is 4.71. The highest BCUT2D eigenvalue weighted by atomic mass is 35.5. The minimum absolute atomic E-state index is 0. The highest BCUT2D eigenvalue weighted by Gasteiger charge is 2.42. The van der Waals surface area contributed by atoms with Crippen molar-refractivity contribution in [3.63, 3.8) is 0 Å². The van der Waals surface area contributed by atoms with Crippen LogP contribution in [-0.2, 0) is 0 Å². The number of alkyl halides is 4. The van der Waals surface area contributed by atoms with Crippen molar-refractivity contribution in [1.82, 2.24) is 4.98 Å². The molecule has 0 bridgehead atoms. The molecule has 1 heterocycles. The first-order chi connectivity index (χ1) is 10.4. The van der Waals surface area contributed by atoms with Crippen molar-refractivity contribution in [2.24, 2.45) is 0 Å². The Morgan fingerprint density at radius 3 is 2.65 bits per heavy atom. The van der Waals surface area contributed by atoms with Crippen molar-refractivity contribution in [3.05, 3.63) is 54.4 Å². The van der Waals surface area contributed by atoms with E-state index in [2.05, 4.69) is 15.0 Å². The van der Waals surface area contributed by atoms with Crippen LogP contribution in [0.3, 0.4) is 0 Å². The standard InChI is InChI=1S/C14H10ClF3N2O2.ClH/c15-13(16)14(17,18)22-11-5-1-4-10(7-11)20-12(21)9-3-2-6-19-8-9;/h1-8,13H,(H,20,21);1H/p-1. The van der Waals surface area contributed by atoms with Gasteiger partial charge < -0.3 is 22.5 Å². The Balaban J connectivity index is 0.00000264. The summed E-state index contributed by atoms with van der Waals surface area (Å²) in [6.45, 7) is 0. The van der Waals surface area contributed by atoms with Gasteiger partial charge in [-0.05, 0) is 24.3 Å². The summed E-state index contributed by atoms with van der Waals surface area (Å²) in [6, 6.07) is 8.27. The first-order valence-corrected chi connectivity index (χ1v) is 6.48. The molecular weight excluding hydrogens is 356 g/mol. The normalized spacial score (nSPS) is 12.0. The van der Waals surface area contributed by atoms with Gasteiger partial charge in [0.2, 0.25) is 0 Å². The molecule has 0 saturated heterocycles. The van der Waals surface area contributed by atoms with E-state index in [1.807, 2.05) is 0 Å². The molecule has 0 aliphatic heterocycles. The van der Waals surface area contributed by atoms with E-state index >= 15 is 0 Å². The largest absolute Gasteiger partial charge is 1.00 e. The number of rotatable bonds is 5. The molecule has 1 N–H and O–H groups in total. The van der Waals surface area contributed by atoms with Gasteiger partial charge in [0.15, 0.2) is 0 Å². The molecule has 1 atom stereocenters. The number of pyridine rings is 1. The minimum Gasteiger partial charge on any atom is -1.00 e. The molecule has 23 heavy (non-hydrogen) atoms. The number of hydrogen-bond donors (Lipinski definition) is 1. The smallest absolute Gasteiger partial charge is 0.444 e. The minimum atomic E-state index is -4.17. The van der Waals surface area contributed by atoms with Crippen molar-refractivity contribution in [2.45, 2.75) is 11.7 Å². The zero-order valence-electron chi connectivity index (χ0n) is 11.3. The predicted octanol–water partition coefficient (Wildman–Crippen LogP) is 0.844. The van der Waals surface area contributed by atoms with Gasteiger partial charge in [0, 0.05) is 24.1 Å². The third-order valence-corrected chi connectivity index (χ3v) is 2.78. The van der Waals surface area contributed by atoms with Crippen LogP contribution in [0.15, 0.2) is 48.8 Å². The van der Waals surface area contributed by atoms with Gasteiger partial charge in [0.25, 0.3) is 11.5 Å². The highest BCUT2D eigenvalue weighted by molar-refractivity contribution is 6.20. The Kier molecular flexibility index (Phi) is 6.65. The molecule has 2 aromatic rings. The maximum atomic E-state index is 13.1. The number of halogens is 5. The van der Waals surface area contributed by atoms with Gasteiger partial charge in [-0.1, -0.05) is 17.7 Å². The predicted molar refractivity (Wildman–Crippen MR) is 75.0 cm³/mol. The molecule has 124 valence electrons. The lowest BCUT2D eigenvalue weighted by Gasteiger charge is -2.18. The van der Waals surface area contributed by atoms with Crippen molar-refractivity contribution in [3.8, 4) is 5.75 Å². The number of nitrogens with one attached hydrogen (secondary N) is 1. The summed E-state index contributed by atoms with van der Waals surface area (Å²) in [7, 11) is 0. The van der Waals surface area contributed by atoms with E-state index in [0.717, 1.165) is 6.07 Å². The average molecular weight is 366 g/mol. The second kappa shape index (κ2) is 8.03. The molecule has 1 amide bonds. The number of benzene rings is 1. The van der Waals surface area contributed by atoms with Crippen LogP contribution in [0.2, 0.25) is 0 Å². The summed E-state index contributed by atoms with van der Waals surface area (Å²) in [5, 5.41) is 2.48. The maximum absolute atomic E-state index is 13.1. The number of carbonyl (C=O) groups is 1. The van der Waals surface area contributed by atoms with Gasteiger partial charge in [-0.2, -0.15) is 8.78 Å². The average Bonchev–Trinajstić information content (AvgIpc) is 2.48. The third kappa shape index (κ3) is 5.30. The maximum Gasteiger partial charge on any atom is 0.444 e. The van der Waals surface area contributed by atoms with Crippen LogP contribution < -0.4 is 22.5 Å². The molecule has 1 aromatic heterocycles. The SMILES string of the molecule is O=C(Nc1cccc(OC(F)(F)C(F)Cl)c1)c1cccnc1.[Cl-]. The van der Waals surface area contributed by atoms with Crippen LogP contribution in [0, 0.1) is 0 Å². The van der Waals surface area contributed by atoms with Crippen LogP contribution in [-0.4, -0.2) is 22.6 Å². The molecule has 0 radical (unpaired) electrons. The Hall–Kier alpha value is -1.99. The zero-order valence-corrected chi connectivity index (χ0v) is 12.9. The van der Waals surface area contributed by atoms with Gasteiger partial charge in [-0.25, -0.2) is 4.39 Å². The van der Waals surface area contributed by atoms with Crippen LogP contribution in [0.25, 0.3) is 0 Å². The molecule has 0 aliphatic carbocycles. The summed E-state index contributed by atoms with van der Waals surface area (Å²) in [5.74, 6) is -0.810. The first kappa shape index (κ1) is 19.1. The van der Waals surface area contributed by atoms with E-state index in [0.29, 0.717) is 5.56 Å². The second-order valence-electron chi connectivity index (χ2n) is 4.19. The van der Waals surface area contributed by atoms with Crippen LogP contribution in [0.4, 0.5) is 18.9 Å². The number of carbonyl (C=O) groups excluding carboxylic acids is 1. The van der Waals surface area contributed by atoms with Crippen LogP contribution >= 0.6 is 11.6 Å². The molecule has 9 heteroatoms. The first-order valence-electron chi connectivity index (χ1n) is 6.05. The van der Waals surface area contributed by atoms with E-state index in [1.54, 1.807) is 6.07 Å². The lowest BCUT2D eigenvalue weighted by molar-refractivity contribution is -0.198. The molecule has 0 aliphatic rings. The van der Waals surface area contributed by atoms with E-state index in [-0.39, 0.29) is 23.8 Å². The van der Waals surface area contributed by atoms with Gasteiger partial charge in [-0.15, -0.1) is 0 Å². The lowest BCUT2D eigenvalue weighted by Crippen LogP contribution is -3.00. The topological polar surface area (TPSA) is 51.2 Å². The fourth-order valence-corrected chi connectivity index (χ4v) is 1.58. The van der Waals surface area contributed by atoms with Crippen molar-refractivity contribution < 1.29 is 35.1 Å². The molecule has 0 fully saturated rings. The zero-order chi connectivity index (χ0) is 16.2. The highest BCUT2D eigenvalue weighted by Crippen LogP contribution is 2.30. The molecule has 1 unspecified atom stereocenters. The van der Waals surface area contributed by atoms with Crippen molar-refractivity contribution in [2.75, 3.05) is 5.32 Å². The molecule has 0 spiro atoms. The van der Waals surface area contributed by atoms with Crippen LogP contribution in [0.5, 0.6) is 5.75 Å². The third-order valence-electron chi connectivity index (χ3n) is 2.52.